The Morgan fingerprint density at radius 1 is 1.33 bits per heavy atom. The van der Waals surface area contributed by atoms with E-state index in [4.69, 9.17) is 4.74 Å². The Kier molecular flexibility index (Phi) is 5.35. The number of hydrogen-bond acceptors (Lipinski definition) is 5. The van der Waals surface area contributed by atoms with Gasteiger partial charge in [0.1, 0.15) is 0 Å². The van der Waals surface area contributed by atoms with Gasteiger partial charge in [0.15, 0.2) is 6.10 Å². The van der Waals surface area contributed by atoms with Crippen LogP contribution < -0.4 is 5.32 Å². The predicted octanol–water partition coefficient (Wildman–Crippen LogP) is 1.16. The number of allylic oxidation sites excluding steroid dienone is 2. The zero-order valence-electron chi connectivity index (χ0n) is 10.5. The lowest BCUT2D eigenvalue weighted by atomic mass is 9.95. The van der Waals surface area contributed by atoms with E-state index in [1.54, 1.807) is 0 Å². The van der Waals surface area contributed by atoms with Gasteiger partial charge in [-0.3, -0.25) is 14.9 Å². The first kappa shape index (κ1) is 14.2. The first-order valence-corrected chi connectivity index (χ1v) is 5.79. The topological polar surface area (TPSA) is 81.7 Å². The Hall–Kier alpha value is -1.85. The van der Waals surface area contributed by atoms with Crippen molar-refractivity contribution in [2.24, 2.45) is 5.92 Å². The monoisotopic (exact) mass is 255 g/mol. The summed E-state index contributed by atoms with van der Waals surface area (Å²) in [6.07, 6.45) is 4.24. The van der Waals surface area contributed by atoms with E-state index in [1.807, 2.05) is 17.5 Å². The van der Waals surface area contributed by atoms with E-state index in [0.717, 1.165) is 20.0 Å². The molecule has 0 bridgehead atoms. The Bertz CT molecular complexity index is 363. The zero-order valence-corrected chi connectivity index (χ0v) is 10.5. The quantitative estimate of drug-likeness (QED) is 0.604. The molecule has 0 fully saturated rings. The molecule has 2 amide bonds. The van der Waals surface area contributed by atoms with Crippen LogP contribution in [0.1, 0.15) is 26.2 Å². The molecule has 1 aliphatic carbocycles. The second kappa shape index (κ2) is 6.78. The number of nitrogens with one attached hydrogen (secondary N) is 1. The summed E-state index contributed by atoms with van der Waals surface area (Å²) < 4.78 is 9.28. The summed E-state index contributed by atoms with van der Waals surface area (Å²) in [6, 6.07) is 0. The van der Waals surface area contributed by atoms with Gasteiger partial charge in [-0.1, -0.05) is 12.2 Å². The SMILES string of the molecule is COC(=O)NC(=O)[C@H](C)OC(=O)[C@H]1CC=CCC1. The van der Waals surface area contributed by atoms with Crippen LogP contribution in [0.3, 0.4) is 0 Å². The molecule has 6 heteroatoms. The van der Waals surface area contributed by atoms with Crippen molar-refractivity contribution in [2.45, 2.75) is 32.3 Å². The number of rotatable bonds is 3. The maximum absolute atomic E-state index is 11.7. The van der Waals surface area contributed by atoms with Gasteiger partial charge < -0.3 is 9.47 Å². The summed E-state index contributed by atoms with van der Waals surface area (Å²) in [4.78, 5) is 34.0. The number of ether oxygens (including phenoxy) is 2. The van der Waals surface area contributed by atoms with E-state index in [0.29, 0.717) is 6.42 Å². The lowest BCUT2D eigenvalue weighted by Gasteiger charge is -2.19. The average Bonchev–Trinajstić information content (AvgIpc) is 2.39. The highest BCUT2D eigenvalue weighted by Crippen LogP contribution is 2.20. The highest BCUT2D eigenvalue weighted by molar-refractivity contribution is 5.95. The number of alkyl carbamates (subject to hydrolysis) is 1. The molecule has 0 unspecified atom stereocenters. The second-order valence-corrected chi connectivity index (χ2v) is 4.04. The zero-order chi connectivity index (χ0) is 13.5. The maximum atomic E-state index is 11.7. The van der Waals surface area contributed by atoms with Crippen LogP contribution in [0.2, 0.25) is 0 Å². The van der Waals surface area contributed by atoms with Crippen molar-refractivity contribution in [3.05, 3.63) is 12.2 Å². The normalized spacial score (nSPS) is 19.8. The van der Waals surface area contributed by atoms with E-state index < -0.39 is 24.1 Å². The highest BCUT2D eigenvalue weighted by atomic mass is 16.6. The fraction of sp³-hybridized carbons (Fsp3) is 0.583. The van der Waals surface area contributed by atoms with Crippen molar-refractivity contribution in [3.63, 3.8) is 0 Å². The number of carbonyl (C=O) groups is 3. The van der Waals surface area contributed by atoms with Crippen molar-refractivity contribution in [3.8, 4) is 0 Å². The molecular weight excluding hydrogens is 238 g/mol. The number of hydrogen-bond donors (Lipinski definition) is 1. The molecule has 2 atom stereocenters. The van der Waals surface area contributed by atoms with E-state index in [2.05, 4.69) is 4.74 Å². The first-order valence-electron chi connectivity index (χ1n) is 5.79. The standard InChI is InChI=1S/C12H17NO5/c1-8(10(14)13-12(16)17-2)18-11(15)9-6-4-3-5-7-9/h3-4,8-9H,5-7H2,1-2H3,(H,13,14,16)/t8-,9-/m0/s1. The summed E-state index contributed by atoms with van der Waals surface area (Å²) in [5.74, 6) is -1.31. The van der Waals surface area contributed by atoms with E-state index in [1.165, 1.54) is 6.92 Å². The lowest BCUT2D eigenvalue weighted by Crippen LogP contribution is -2.40. The summed E-state index contributed by atoms with van der Waals surface area (Å²) in [5, 5.41) is 1.95. The van der Waals surface area contributed by atoms with Crippen LogP contribution in [0.15, 0.2) is 12.2 Å². The molecule has 0 aliphatic heterocycles. The molecule has 0 heterocycles. The van der Waals surface area contributed by atoms with Crippen molar-refractivity contribution >= 4 is 18.0 Å². The summed E-state index contributed by atoms with van der Waals surface area (Å²) in [6.45, 7) is 1.41. The van der Waals surface area contributed by atoms with E-state index >= 15 is 0 Å². The van der Waals surface area contributed by atoms with E-state index in [9.17, 15) is 14.4 Å². The molecule has 1 aliphatic rings. The van der Waals surface area contributed by atoms with Gasteiger partial charge in [-0.2, -0.15) is 0 Å². The van der Waals surface area contributed by atoms with Crippen LogP contribution in [0.4, 0.5) is 4.79 Å². The maximum Gasteiger partial charge on any atom is 0.413 e. The van der Waals surface area contributed by atoms with Gasteiger partial charge in [0.2, 0.25) is 0 Å². The molecule has 1 rings (SSSR count). The smallest absolute Gasteiger partial charge is 0.413 e. The molecular formula is C12H17NO5. The van der Waals surface area contributed by atoms with Crippen LogP contribution in [0, 0.1) is 5.92 Å². The van der Waals surface area contributed by atoms with Crippen LogP contribution in [-0.4, -0.2) is 31.2 Å². The second-order valence-electron chi connectivity index (χ2n) is 4.04. The third-order valence-electron chi connectivity index (χ3n) is 2.68. The van der Waals surface area contributed by atoms with Gasteiger partial charge in [-0.05, 0) is 26.2 Å². The minimum absolute atomic E-state index is 0.205. The minimum atomic E-state index is -1.01. The number of methoxy groups -OCH3 is 1. The van der Waals surface area contributed by atoms with Crippen LogP contribution in [0.25, 0.3) is 0 Å². The summed E-state index contributed by atoms with van der Waals surface area (Å²) in [5.41, 5.74) is 0. The lowest BCUT2D eigenvalue weighted by molar-refractivity contribution is -0.158. The predicted molar refractivity (Wildman–Crippen MR) is 62.6 cm³/mol. The third-order valence-corrected chi connectivity index (χ3v) is 2.68. The van der Waals surface area contributed by atoms with Crippen molar-refractivity contribution in [1.82, 2.24) is 5.32 Å². The van der Waals surface area contributed by atoms with Gasteiger partial charge in [-0.25, -0.2) is 4.79 Å². The summed E-state index contributed by atoms with van der Waals surface area (Å²) in [7, 11) is 1.15. The van der Waals surface area contributed by atoms with Gasteiger partial charge in [0.05, 0.1) is 13.0 Å². The third kappa shape index (κ3) is 4.20. The molecule has 18 heavy (non-hydrogen) atoms. The largest absolute Gasteiger partial charge is 0.453 e. The minimum Gasteiger partial charge on any atom is -0.453 e. The van der Waals surface area contributed by atoms with Gasteiger partial charge >= 0.3 is 12.1 Å². The molecule has 0 aromatic carbocycles. The van der Waals surface area contributed by atoms with Gasteiger partial charge in [0.25, 0.3) is 5.91 Å². The highest BCUT2D eigenvalue weighted by Gasteiger charge is 2.25. The molecule has 6 nitrogen and oxygen atoms in total. The Balaban J connectivity index is 2.41. The molecule has 0 aromatic heterocycles. The number of imide groups is 1. The number of carbonyl (C=O) groups excluding carboxylic acids is 3. The van der Waals surface area contributed by atoms with Crippen LogP contribution in [0.5, 0.6) is 0 Å². The van der Waals surface area contributed by atoms with E-state index in [-0.39, 0.29) is 5.92 Å². The Morgan fingerprint density at radius 2 is 2.06 bits per heavy atom. The van der Waals surface area contributed by atoms with Crippen molar-refractivity contribution in [2.75, 3.05) is 7.11 Å². The molecule has 0 aromatic rings. The fourth-order valence-corrected chi connectivity index (χ4v) is 1.58. The molecule has 0 saturated carbocycles. The Morgan fingerprint density at radius 3 is 2.61 bits per heavy atom. The van der Waals surface area contributed by atoms with Crippen molar-refractivity contribution in [1.29, 1.82) is 0 Å². The van der Waals surface area contributed by atoms with Crippen molar-refractivity contribution < 1.29 is 23.9 Å². The summed E-state index contributed by atoms with van der Waals surface area (Å²) >= 11 is 0. The molecule has 100 valence electrons. The van der Waals surface area contributed by atoms with Crippen LogP contribution >= 0.6 is 0 Å². The average molecular weight is 255 g/mol. The molecule has 1 N–H and O–H groups in total. The Labute approximate surface area is 105 Å². The molecule has 0 saturated heterocycles. The molecule has 0 radical (unpaired) electrons. The van der Waals surface area contributed by atoms with Gasteiger partial charge in [0, 0.05) is 0 Å². The van der Waals surface area contributed by atoms with Gasteiger partial charge in [-0.15, -0.1) is 0 Å². The van der Waals surface area contributed by atoms with Crippen LogP contribution in [-0.2, 0) is 19.1 Å². The first-order chi connectivity index (χ1) is 8.54. The number of esters is 1. The molecule has 0 spiro atoms. The fourth-order valence-electron chi connectivity index (χ4n) is 1.58. The number of amides is 2.